The monoisotopic (exact) mass is 426 g/mol. The van der Waals surface area contributed by atoms with Gasteiger partial charge in [0.25, 0.3) is 5.56 Å². The summed E-state index contributed by atoms with van der Waals surface area (Å²) in [6.45, 7) is 11.2. The summed E-state index contributed by atoms with van der Waals surface area (Å²) in [4.78, 5) is 21.0. The molecule has 0 saturated carbocycles. The topological polar surface area (TPSA) is 34.9 Å². The summed E-state index contributed by atoms with van der Waals surface area (Å²) < 4.78 is 1.84. The Morgan fingerprint density at radius 3 is 2.62 bits per heavy atom. The Balaban J connectivity index is 1.90. The van der Waals surface area contributed by atoms with Crippen molar-refractivity contribution in [2.45, 2.75) is 65.5 Å². The fourth-order valence-electron chi connectivity index (χ4n) is 4.16. The first kappa shape index (κ1) is 20.7. The summed E-state index contributed by atoms with van der Waals surface area (Å²) in [5.41, 5.74) is 3.77. The van der Waals surface area contributed by atoms with Crippen LogP contribution in [0.25, 0.3) is 15.9 Å². The van der Waals surface area contributed by atoms with Crippen LogP contribution in [-0.4, -0.2) is 15.3 Å². The van der Waals surface area contributed by atoms with Gasteiger partial charge in [0, 0.05) is 10.6 Å². The fraction of sp³-hybridized carbons (Fsp3) is 0.500. The third-order valence-corrected chi connectivity index (χ3v) is 8.30. The first-order valence-corrected chi connectivity index (χ1v) is 12.4. The highest BCUT2D eigenvalue weighted by atomic mass is 32.2. The SMILES string of the molecule is CCCSc1nc2sc3c(c2c(=O)n1-c1ccc(C)cc1)CC[C@H](C(C)(C)C)C3. The maximum absolute atomic E-state index is 13.7. The van der Waals surface area contributed by atoms with Gasteiger partial charge in [0.1, 0.15) is 4.83 Å². The molecule has 3 nitrogen and oxygen atoms in total. The first-order valence-electron chi connectivity index (χ1n) is 10.6. The van der Waals surface area contributed by atoms with E-state index in [9.17, 15) is 4.79 Å². The zero-order valence-electron chi connectivity index (χ0n) is 18.0. The molecule has 0 aliphatic heterocycles. The van der Waals surface area contributed by atoms with Crippen LogP contribution < -0.4 is 5.56 Å². The van der Waals surface area contributed by atoms with Gasteiger partial charge in [-0.2, -0.15) is 0 Å². The van der Waals surface area contributed by atoms with E-state index in [1.165, 1.54) is 16.0 Å². The highest BCUT2D eigenvalue weighted by Gasteiger charge is 2.32. The van der Waals surface area contributed by atoms with E-state index < -0.39 is 0 Å². The van der Waals surface area contributed by atoms with Crippen LogP contribution in [0.15, 0.2) is 34.2 Å². The van der Waals surface area contributed by atoms with Gasteiger partial charge in [-0.1, -0.05) is 57.2 Å². The Morgan fingerprint density at radius 1 is 1.24 bits per heavy atom. The van der Waals surface area contributed by atoms with E-state index in [0.29, 0.717) is 11.3 Å². The minimum absolute atomic E-state index is 0.101. The molecule has 0 fully saturated rings. The van der Waals surface area contributed by atoms with Gasteiger partial charge >= 0.3 is 0 Å². The molecule has 0 radical (unpaired) electrons. The van der Waals surface area contributed by atoms with Gasteiger partial charge in [0.05, 0.1) is 11.1 Å². The summed E-state index contributed by atoms with van der Waals surface area (Å²) in [6, 6.07) is 8.21. The maximum Gasteiger partial charge on any atom is 0.267 e. The van der Waals surface area contributed by atoms with Crippen molar-refractivity contribution in [3.63, 3.8) is 0 Å². The van der Waals surface area contributed by atoms with Gasteiger partial charge in [-0.25, -0.2) is 4.98 Å². The second-order valence-electron chi connectivity index (χ2n) is 9.21. The molecule has 154 valence electrons. The van der Waals surface area contributed by atoms with Gasteiger partial charge in [-0.05, 0) is 61.6 Å². The van der Waals surface area contributed by atoms with E-state index in [0.717, 1.165) is 52.5 Å². The lowest BCUT2D eigenvalue weighted by Gasteiger charge is -2.33. The maximum atomic E-state index is 13.7. The van der Waals surface area contributed by atoms with Crippen LogP contribution in [0.2, 0.25) is 0 Å². The standard InChI is InChI=1S/C24H30N2OS2/c1-6-13-28-23-25-21-20(22(27)26(23)17-10-7-15(2)8-11-17)18-12-9-16(24(3,4)5)14-19(18)29-21/h7-8,10-11,16H,6,9,12-14H2,1-5H3/t16-/m0/s1. The number of nitrogens with zero attached hydrogens (tertiary/aromatic N) is 2. The highest BCUT2D eigenvalue weighted by molar-refractivity contribution is 7.99. The molecular formula is C24H30N2OS2. The smallest absolute Gasteiger partial charge is 0.267 e. The van der Waals surface area contributed by atoms with E-state index >= 15 is 0 Å². The van der Waals surface area contributed by atoms with Crippen LogP contribution in [0.5, 0.6) is 0 Å². The third-order valence-electron chi connectivity index (χ3n) is 6.00. The van der Waals surface area contributed by atoms with Crippen molar-refractivity contribution in [1.29, 1.82) is 0 Å². The Kier molecular flexibility index (Phi) is 5.64. The number of rotatable bonds is 4. The number of aromatic nitrogens is 2. The Hall–Kier alpha value is -1.59. The molecule has 5 heteroatoms. The van der Waals surface area contributed by atoms with Crippen molar-refractivity contribution in [2.75, 3.05) is 5.75 Å². The predicted molar refractivity (Wildman–Crippen MR) is 126 cm³/mol. The average molecular weight is 427 g/mol. The Bertz CT molecular complexity index is 1090. The van der Waals surface area contributed by atoms with Gasteiger partial charge < -0.3 is 0 Å². The van der Waals surface area contributed by atoms with Crippen molar-refractivity contribution >= 4 is 33.3 Å². The molecule has 0 spiro atoms. The number of hydrogen-bond acceptors (Lipinski definition) is 4. The van der Waals surface area contributed by atoms with Crippen molar-refractivity contribution in [2.24, 2.45) is 11.3 Å². The van der Waals surface area contributed by atoms with Gasteiger partial charge in [-0.15, -0.1) is 11.3 Å². The summed E-state index contributed by atoms with van der Waals surface area (Å²) in [7, 11) is 0. The first-order chi connectivity index (χ1) is 13.8. The van der Waals surface area contributed by atoms with Crippen LogP contribution in [-0.2, 0) is 12.8 Å². The van der Waals surface area contributed by atoms with Crippen molar-refractivity contribution < 1.29 is 0 Å². The number of fused-ring (bicyclic) bond motifs is 3. The summed E-state index contributed by atoms with van der Waals surface area (Å²) in [5, 5.41) is 1.68. The summed E-state index contributed by atoms with van der Waals surface area (Å²) in [5.74, 6) is 1.62. The van der Waals surface area contributed by atoms with Crippen LogP contribution >= 0.6 is 23.1 Å². The van der Waals surface area contributed by atoms with Gasteiger partial charge in [0.2, 0.25) is 0 Å². The average Bonchev–Trinajstić information content (AvgIpc) is 3.04. The molecule has 29 heavy (non-hydrogen) atoms. The molecule has 1 aromatic carbocycles. The molecular weight excluding hydrogens is 396 g/mol. The molecule has 4 rings (SSSR count). The highest BCUT2D eigenvalue weighted by Crippen LogP contribution is 2.42. The second kappa shape index (κ2) is 7.92. The molecule has 1 aliphatic carbocycles. The third kappa shape index (κ3) is 3.91. The van der Waals surface area contributed by atoms with Crippen LogP contribution in [0, 0.1) is 18.3 Å². The summed E-state index contributed by atoms with van der Waals surface area (Å²) in [6.07, 6.45) is 4.27. The lowest BCUT2D eigenvalue weighted by atomic mass is 9.72. The lowest BCUT2D eigenvalue weighted by molar-refractivity contribution is 0.218. The lowest BCUT2D eigenvalue weighted by Crippen LogP contribution is -2.27. The number of aryl methyl sites for hydroxylation is 2. The number of thiophene rings is 1. The molecule has 0 amide bonds. The summed E-state index contributed by atoms with van der Waals surface area (Å²) >= 11 is 3.43. The zero-order chi connectivity index (χ0) is 20.8. The molecule has 0 saturated heterocycles. The molecule has 0 bridgehead atoms. The quantitative estimate of drug-likeness (QED) is 0.357. The number of benzene rings is 1. The van der Waals surface area contributed by atoms with Crippen molar-refractivity contribution in [3.8, 4) is 5.69 Å². The predicted octanol–water partition coefficient (Wildman–Crippen LogP) is 6.41. The van der Waals surface area contributed by atoms with E-state index in [-0.39, 0.29) is 5.56 Å². The molecule has 1 aliphatic rings. The van der Waals surface area contributed by atoms with E-state index in [2.05, 4.69) is 46.8 Å². The van der Waals surface area contributed by atoms with E-state index in [1.807, 2.05) is 16.7 Å². The van der Waals surface area contributed by atoms with Crippen LogP contribution in [0.3, 0.4) is 0 Å². The Morgan fingerprint density at radius 2 is 1.97 bits per heavy atom. The fourth-order valence-corrected chi connectivity index (χ4v) is 6.36. The van der Waals surface area contributed by atoms with E-state index in [1.54, 1.807) is 23.1 Å². The Labute approximate surface area is 181 Å². The van der Waals surface area contributed by atoms with Crippen molar-refractivity contribution in [1.82, 2.24) is 9.55 Å². The van der Waals surface area contributed by atoms with Gasteiger partial charge in [0.15, 0.2) is 5.16 Å². The molecule has 3 aromatic rings. The molecule has 0 N–H and O–H groups in total. The minimum Gasteiger partial charge on any atom is -0.268 e. The van der Waals surface area contributed by atoms with Gasteiger partial charge in [-0.3, -0.25) is 9.36 Å². The van der Waals surface area contributed by atoms with Crippen LogP contribution in [0.4, 0.5) is 0 Å². The zero-order valence-corrected chi connectivity index (χ0v) is 19.7. The molecule has 0 unspecified atom stereocenters. The number of hydrogen-bond donors (Lipinski definition) is 0. The second-order valence-corrected chi connectivity index (χ2v) is 11.4. The normalized spacial score (nSPS) is 16.9. The minimum atomic E-state index is 0.101. The van der Waals surface area contributed by atoms with Crippen LogP contribution in [0.1, 0.15) is 56.5 Å². The number of thioether (sulfide) groups is 1. The van der Waals surface area contributed by atoms with E-state index in [4.69, 9.17) is 4.98 Å². The molecule has 2 aromatic heterocycles. The molecule has 2 heterocycles. The van der Waals surface area contributed by atoms with Crippen molar-refractivity contribution in [3.05, 3.63) is 50.6 Å². The molecule has 1 atom stereocenters. The largest absolute Gasteiger partial charge is 0.268 e.